The van der Waals surface area contributed by atoms with Gasteiger partial charge in [0, 0.05) is 30.1 Å². The second-order valence-electron chi connectivity index (χ2n) is 5.36. The SMILES string of the molecule is C[C@@H](N[C@H](CC(N)=O)c1cccc(Cl)c1)[C@H]1CCOC1. The lowest BCUT2D eigenvalue weighted by atomic mass is 9.96. The second-order valence-corrected chi connectivity index (χ2v) is 5.79. The summed E-state index contributed by atoms with van der Waals surface area (Å²) in [7, 11) is 0. The van der Waals surface area contributed by atoms with Crippen LogP contribution in [0.2, 0.25) is 5.02 Å². The minimum Gasteiger partial charge on any atom is -0.381 e. The third kappa shape index (κ3) is 4.20. The number of primary amides is 1. The average molecular weight is 297 g/mol. The topological polar surface area (TPSA) is 64.3 Å². The van der Waals surface area contributed by atoms with E-state index in [1.54, 1.807) is 0 Å². The third-order valence-electron chi connectivity index (χ3n) is 3.79. The monoisotopic (exact) mass is 296 g/mol. The predicted molar refractivity (Wildman–Crippen MR) is 79.5 cm³/mol. The maximum atomic E-state index is 11.3. The predicted octanol–water partition coefficient (Wildman–Crippen LogP) is 2.27. The second kappa shape index (κ2) is 7.07. The van der Waals surface area contributed by atoms with Crippen LogP contribution >= 0.6 is 11.6 Å². The minimum absolute atomic E-state index is 0.109. The summed E-state index contributed by atoms with van der Waals surface area (Å²) in [6.07, 6.45) is 1.31. The average Bonchev–Trinajstić information content (AvgIpc) is 2.91. The van der Waals surface area contributed by atoms with Crippen molar-refractivity contribution in [1.82, 2.24) is 5.32 Å². The highest BCUT2D eigenvalue weighted by atomic mass is 35.5. The quantitative estimate of drug-likeness (QED) is 0.846. The number of hydrogen-bond acceptors (Lipinski definition) is 3. The first kappa shape index (κ1) is 15.3. The van der Waals surface area contributed by atoms with Crippen molar-refractivity contribution in [3.05, 3.63) is 34.9 Å². The fourth-order valence-electron chi connectivity index (χ4n) is 2.60. The van der Waals surface area contributed by atoms with Gasteiger partial charge in [0.2, 0.25) is 5.91 Å². The molecule has 1 amide bonds. The zero-order valence-corrected chi connectivity index (χ0v) is 12.4. The van der Waals surface area contributed by atoms with Crippen molar-refractivity contribution in [2.45, 2.75) is 31.8 Å². The van der Waals surface area contributed by atoms with E-state index in [9.17, 15) is 4.79 Å². The van der Waals surface area contributed by atoms with E-state index in [4.69, 9.17) is 22.1 Å². The number of benzene rings is 1. The van der Waals surface area contributed by atoms with Gasteiger partial charge in [-0.1, -0.05) is 23.7 Å². The van der Waals surface area contributed by atoms with E-state index in [0.717, 1.165) is 25.2 Å². The summed E-state index contributed by atoms with van der Waals surface area (Å²) in [4.78, 5) is 11.3. The summed E-state index contributed by atoms with van der Waals surface area (Å²) in [6, 6.07) is 7.70. The van der Waals surface area contributed by atoms with Crippen LogP contribution in [-0.4, -0.2) is 25.2 Å². The van der Waals surface area contributed by atoms with Gasteiger partial charge in [-0.05, 0) is 37.0 Å². The van der Waals surface area contributed by atoms with Crippen molar-refractivity contribution in [3.8, 4) is 0 Å². The van der Waals surface area contributed by atoms with Gasteiger partial charge < -0.3 is 15.8 Å². The van der Waals surface area contributed by atoms with Crippen molar-refractivity contribution >= 4 is 17.5 Å². The third-order valence-corrected chi connectivity index (χ3v) is 4.03. The molecule has 5 heteroatoms. The number of ether oxygens (including phenoxy) is 1. The Labute approximate surface area is 124 Å². The standard InChI is InChI=1S/C15H21ClN2O2/c1-10(12-5-6-20-9-12)18-14(8-15(17)19)11-3-2-4-13(16)7-11/h2-4,7,10,12,14,18H,5-6,8-9H2,1H3,(H2,17,19)/t10-,12+,14-/m1/s1. The molecule has 0 spiro atoms. The van der Waals surface area contributed by atoms with Crippen LogP contribution in [-0.2, 0) is 9.53 Å². The summed E-state index contributed by atoms with van der Waals surface area (Å²) in [5, 5.41) is 4.16. The number of carbonyl (C=O) groups excluding carboxylic acids is 1. The Kier molecular flexibility index (Phi) is 5.40. The minimum atomic E-state index is -0.322. The number of rotatable bonds is 6. The maximum Gasteiger partial charge on any atom is 0.219 e. The van der Waals surface area contributed by atoms with Crippen LogP contribution in [0.15, 0.2) is 24.3 Å². The van der Waals surface area contributed by atoms with E-state index >= 15 is 0 Å². The normalized spacial score (nSPS) is 21.6. The molecular formula is C15H21ClN2O2. The summed E-state index contributed by atoms with van der Waals surface area (Å²) in [6.45, 7) is 3.71. The van der Waals surface area contributed by atoms with Gasteiger partial charge in [0.15, 0.2) is 0 Å². The molecule has 2 rings (SSSR count). The molecule has 1 aliphatic rings. The summed E-state index contributed by atoms with van der Waals surface area (Å²) in [5.41, 5.74) is 6.35. The Morgan fingerprint density at radius 3 is 3.00 bits per heavy atom. The van der Waals surface area contributed by atoms with Gasteiger partial charge in [-0.3, -0.25) is 4.79 Å². The summed E-state index contributed by atoms with van der Waals surface area (Å²) in [5.74, 6) is 0.155. The van der Waals surface area contributed by atoms with Crippen LogP contribution < -0.4 is 11.1 Å². The molecule has 0 aliphatic carbocycles. The first-order valence-electron chi connectivity index (χ1n) is 6.94. The van der Waals surface area contributed by atoms with E-state index in [1.807, 2.05) is 24.3 Å². The zero-order valence-electron chi connectivity index (χ0n) is 11.6. The van der Waals surface area contributed by atoms with Crippen LogP contribution in [0.3, 0.4) is 0 Å². The van der Waals surface area contributed by atoms with Gasteiger partial charge >= 0.3 is 0 Å². The molecule has 110 valence electrons. The Morgan fingerprint density at radius 2 is 2.40 bits per heavy atom. The maximum absolute atomic E-state index is 11.3. The number of halogens is 1. The number of nitrogens with one attached hydrogen (secondary N) is 1. The number of hydrogen-bond donors (Lipinski definition) is 2. The van der Waals surface area contributed by atoms with Gasteiger partial charge in [0.25, 0.3) is 0 Å². The highest BCUT2D eigenvalue weighted by Gasteiger charge is 2.25. The van der Waals surface area contributed by atoms with Gasteiger partial charge in [-0.15, -0.1) is 0 Å². The molecule has 0 radical (unpaired) electrons. The number of nitrogens with two attached hydrogens (primary N) is 1. The van der Waals surface area contributed by atoms with Crippen LogP contribution in [0, 0.1) is 5.92 Å². The first-order chi connectivity index (χ1) is 9.56. The van der Waals surface area contributed by atoms with Gasteiger partial charge in [0.1, 0.15) is 0 Å². The summed E-state index contributed by atoms with van der Waals surface area (Å²) < 4.78 is 5.41. The van der Waals surface area contributed by atoms with Crippen molar-refractivity contribution < 1.29 is 9.53 Å². The first-order valence-corrected chi connectivity index (χ1v) is 7.31. The molecule has 3 N–H and O–H groups in total. The molecule has 1 aromatic rings. The molecular weight excluding hydrogens is 276 g/mol. The van der Waals surface area contributed by atoms with E-state index in [2.05, 4.69) is 12.2 Å². The molecule has 1 aliphatic heterocycles. The van der Waals surface area contributed by atoms with Crippen molar-refractivity contribution in [2.24, 2.45) is 11.7 Å². The number of amides is 1. The molecule has 0 bridgehead atoms. The molecule has 1 fully saturated rings. The van der Waals surface area contributed by atoms with Crippen LogP contribution in [0.5, 0.6) is 0 Å². The molecule has 0 unspecified atom stereocenters. The molecule has 1 heterocycles. The molecule has 4 nitrogen and oxygen atoms in total. The van der Waals surface area contributed by atoms with Crippen molar-refractivity contribution in [2.75, 3.05) is 13.2 Å². The Bertz CT molecular complexity index is 461. The largest absolute Gasteiger partial charge is 0.381 e. The van der Waals surface area contributed by atoms with E-state index < -0.39 is 0 Å². The molecule has 20 heavy (non-hydrogen) atoms. The molecule has 1 saturated heterocycles. The van der Waals surface area contributed by atoms with Crippen LogP contribution in [0.1, 0.15) is 31.4 Å². The molecule has 3 atom stereocenters. The van der Waals surface area contributed by atoms with Gasteiger partial charge in [0.05, 0.1) is 6.61 Å². The zero-order chi connectivity index (χ0) is 14.5. The Hall–Kier alpha value is -1.10. The lowest BCUT2D eigenvalue weighted by Gasteiger charge is -2.26. The highest BCUT2D eigenvalue weighted by Crippen LogP contribution is 2.24. The van der Waals surface area contributed by atoms with E-state index in [-0.39, 0.29) is 24.4 Å². The molecule has 0 aromatic heterocycles. The Morgan fingerprint density at radius 1 is 1.60 bits per heavy atom. The Balaban J connectivity index is 2.08. The van der Waals surface area contributed by atoms with Crippen LogP contribution in [0.4, 0.5) is 0 Å². The van der Waals surface area contributed by atoms with Crippen molar-refractivity contribution in [3.63, 3.8) is 0 Å². The number of carbonyl (C=O) groups is 1. The van der Waals surface area contributed by atoms with Crippen LogP contribution in [0.25, 0.3) is 0 Å². The van der Waals surface area contributed by atoms with Crippen molar-refractivity contribution in [1.29, 1.82) is 0 Å². The molecule has 0 saturated carbocycles. The highest BCUT2D eigenvalue weighted by molar-refractivity contribution is 6.30. The van der Waals surface area contributed by atoms with Gasteiger partial charge in [-0.2, -0.15) is 0 Å². The van der Waals surface area contributed by atoms with E-state index in [0.29, 0.717) is 10.9 Å². The fraction of sp³-hybridized carbons (Fsp3) is 0.533. The smallest absolute Gasteiger partial charge is 0.219 e. The molecule has 1 aromatic carbocycles. The van der Waals surface area contributed by atoms with Gasteiger partial charge in [-0.25, -0.2) is 0 Å². The summed E-state index contributed by atoms with van der Waals surface area (Å²) >= 11 is 6.03. The fourth-order valence-corrected chi connectivity index (χ4v) is 2.80. The lowest BCUT2D eigenvalue weighted by molar-refractivity contribution is -0.118. The van der Waals surface area contributed by atoms with E-state index in [1.165, 1.54) is 0 Å². The lowest BCUT2D eigenvalue weighted by Crippen LogP contribution is -2.38.